The number of anilines is 5. The van der Waals surface area contributed by atoms with Crippen molar-refractivity contribution in [1.29, 1.82) is 0 Å². The first kappa shape index (κ1) is 16.3. The van der Waals surface area contributed by atoms with Crippen molar-refractivity contribution in [1.82, 2.24) is 15.1 Å². The molecule has 1 fully saturated rings. The quantitative estimate of drug-likeness (QED) is 0.724. The van der Waals surface area contributed by atoms with Gasteiger partial charge in [0.1, 0.15) is 11.6 Å². The van der Waals surface area contributed by atoms with E-state index in [2.05, 4.69) is 42.8 Å². The zero-order valence-corrected chi connectivity index (χ0v) is 14.5. The average Bonchev–Trinajstić information content (AvgIpc) is 3.08. The maximum atomic E-state index is 5.39. The Morgan fingerprint density at radius 2 is 1.81 bits per heavy atom. The molecule has 4 rings (SSSR count). The second kappa shape index (κ2) is 7.40. The smallest absolute Gasteiger partial charge is 0.229 e. The highest BCUT2D eigenvalue weighted by molar-refractivity contribution is 5.61. The molecule has 0 bridgehead atoms. The highest BCUT2D eigenvalue weighted by atomic mass is 16.5. The van der Waals surface area contributed by atoms with E-state index in [9.17, 15) is 0 Å². The number of aromatic nitrogens is 3. The van der Waals surface area contributed by atoms with Gasteiger partial charge in [0.25, 0.3) is 0 Å². The van der Waals surface area contributed by atoms with Gasteiger partial charge in [-0.1, -0.05) is 5.16 Å². The van der Waals surface area contributed by atoms with E-state index in [0.29, 0.717) is 17.6 Å². The van der Waals surface area contributed by atoms with Crippen LogP contribution < -0.4 is 15.5 Å². The van der Waals surface area contributed by atoms with Crippen molar-refractivity contribution in [3.05, 3.63) is 48.4 Å². The lowest BCUT2D eigenvalue weighted by atomic mass is 10.2. The van der Waals surface area contributed by atoms with E-state index in [0.717, 1.165) is 37.8 Å². The Labute approximate surface area is 151 Å². The van der Waals surface area contributed by atoms with Crippen LogP contribution >= 0.6 is 0 Å². The van der Waals surface area contributed by atoms with Gasteiger partial charge in [-0.2, -0.15) is 4.98 Å². The molecule has 3 heterocycles. The van der Waals surface area contributed by atoms with E-state index in [1.807, 2.05) is 19.1 Å². The first-order chi connectivity index (χ1) is 12.8. The second-order valence-corrected chi connectivity index (χ2v) is 5.98. The van der Waals surface area contributed by atoms with E-state index in [1.54, 1.807) is 18.3 Å². The molecule has 3 aromatic rings. The predicted octanol–water partition coefficient (Wildman–Crippen LogP) is 3.10. The van der Waals surface area contributed by atoms with Gasteiger partial charge in [0.15, 0.2) is 5.82 Å². The summed E-state index contributed by atoms with van der Waals surface area (Å²) in [6.07, 6.45) is 1.69. The van der Waals surface area contributed by atoms with Crippen LogP contribution in [0.1, 0.15) is 5.76 Å². The van der Waals surface area contributed by atoms with Crippen LogP contribution in [0.5, 0.6) is 0 Å². The number of ether oxygens (including phenoxy) is 1. The number of hydrogen-bond donors (Lipinski definition) is 2. The van der Waals surface area contributed by atoms with Crippen molar-refractivity contribution in [2.24, 2.45) is 0 Å². The molecule has 2 N–H and O–H groups in total. The van der Waals surface area contributed by atoms with Gasteiger partial charge in [-0.25, -0.2) is 4.98 Å². The maximum absolute atomic E-state index is 5.39. The molecule has 0 atom stereocenters. The number of benzene rings is 1. The van der Waals surface area contributed by atoms with Crippen molar-refractivity contribution in [3.63, 3.8) is 0 Å². The summed E-state index contributed by atoms with van der Waals surface area (Å²) in [6.45, 7) is 5.24. The topological polar surface area (TPSA) is 88.3 Å². The van der Waals surface area contributed by atoms with Gasteiger partial charge >= 0.3 is 0 Å². The molecule has 0 aliphatic carbocycles. The molecule has 26 heavy (non-hydrogen) atoms. The molecule has 1 saturated heterocycles. The first-order valence-electron chi connectivity index (χ1n) is 8.49. The summed E-state index contributed by atoms with van der Waals surface area (Å²) in [6, 6.07) is 11.8. The summed E-state index contributed by atoms with van der Waals surface area (Å²) >= 11 is 0. The van der Waals surface area contributed by atoms with E-state index in [1.165, 1.54) is 5.69 Å². The number of hydrogen-bond acceptors (Lipinski definition) is 8. The Kier molecular flexibility index (Phi) is 4.65. The fraction of sp³-hybridized carbons (Fsp3) is 0.278. The van der Waals surface area contributed by atoms with Crippen LogP contribution in [0.25, 0.3) is 0 Å². The Hall–Kier alpha value is -3.13. The standard InChI is InChI=1S/C18H20N6O2/c1-13-12-17(23-26-13)21-16-6-7-19-18(22-16)20-14-2-4-15(5-3-14)24-8-10-25-11-9-24/h2-7,12H,8-11H2,1H3,(H2,19,20,21,22,23). The molecule has 2 aromatic heterocycles. The number of morpholine rings is 1. The van der Waals surface area contributed by atoms with Crippen molar-refractivity contribution in [3.8, 4) is 0 Å². The average molecular weight is 352 g/mol. The SMILES string of the molecule is Cc1cc(Nc2ccnc(Nc3ccc(N4CCOCC4)cc3)n2)no1. The van der Waals surface area contributed by atoms with E-state index < -0.39 is 0 Å². The minimum Gasteiger partial charge on any atom is -0.378 e. The Morgan fingerprint density at radius 1 is 1.00 bits per heavy atom. The van der Waals surface area contributed by atoms with Crippen molar-refractivity contribution in [2.75, 3.05) is 41.8 Å². The van der Waals surface area contributed by atoms with Crippen molar-refractivity contribution >= 4 is 29.0 Å². The molecule has 1 aliphatic rings. The molecular weight excluding hydrogens is 332 g/mol. The van der Waals surface area contributed by atoms with Gasteiger partial charge in [-0.05, 0) is 37.3 Å². The van der Waals surface area contributed by atoms with Gasteiger partial charge in [0.05, 0.1) is 13.2 Å². The van der Waals surface area contributed by atoms with Crippen LogP contribution in [0.3, 0.4) is 0 Å². The molecule has 1 aliphatic heterocycles. The van der Waals surface area contributed by atoms with Gasteiger partial charge in [0, 0.05) is 36.7 Å². The highest BCUT2D eigenvalue weighted by Gasteiger charge is 2.11. The first-order valence-corrected chi connectivity index (χ1v) is 8.49. The summed E-state index contributed by atoms with van der Waals surface area (Å²) in [5.74, 6) is 2.50. The largest absolute Gasteiger partial charge is 0.378 e. The highest BCUT2D eigenvalue weighted by Crippen LogP contribution is 2.21. The van der Waals surface area contributed by atoms with Gasteiger partial charge in [0.2, 0.25) is 5.95 Å². The number of aryl methyl sites for hydroxylation is 1. The monoisotopic (exact) mass is 352 g/mol. The molecule has 0 spiro atoms. The molecule has 1 aromatic carbocycles. The second-order valence-electron chi connectivity index (χ2n) is 5.98. The van der Waals surface area contributed by atoms with Gasteiger partial charge in [-0.15, -0.1) is 0 Å². The van der Waals surface area contributed by atoms with Crippen LogP contribution in [0.2, 0.25) is 0 Å². The fourth-order valence-electron chi connectivity index (χ4n) is 2.75. The minimum atomic E-state index is 0.509. The lowest BCUT2D eigenvalue weighted by molar-refractivity contribution is 0.122. The van der Waals surface area contributed by atoms with Crippen LogP contribution in [0.15, 0.2) is 47.1 Å². The molecule has 8 nitrogen and oxygen atoms in total. The predicted molar refractivity (Wildman–Crippen MR) is 99.3 cm³/mol. The summed E-state index contributed by atoms with van der Waals surface area (Å²) in [7, 11) is 0. The van der Waals surface area contributed by atoms with Crippen molar-refractivity contribution < 1.29 is 9.26 Å². The van der Waals surface area contributed by atoms with Crippen LogP contribution in [-0.4, -0.2) is 41.4 Å². The zero-order chi connectivity index (χ0) is 17.8. The van der Waals surface area contributed by atoms with Gasteiger partial charge < -0.3 is 24.8 Å². The van der Waals surface area contributed by atoms with E-state index in [-0.39, 0.29) is 0 Å². The number of nitrogens with zero attached hydrogens (tertiary/aromatic N) is 4. The number of nitrogens with one attached hydrogen (secondary N) is 2. The summed E-state index contributed by atoms with van der Waals surface area (Å²) in [5.41, 5.74) is 2.12. The van der Waals surface area contributed by atoms with Gasteiger partial charge in [-0.3, -0.25) is 0 Å². The summed E-state index contributed by atoms with van der Waals surface area (Å²) < 4.78 is 10.4. The molecular formula is C18H20N6O2. The molecule has 8 heteroatoms. The molecule has 0 radical (unpaired) electrons. The molecule has 134 valence electrons. The summed E-state index contributed by atoms with van der Waals surface area (Å²) in [5, 5.41) is 10.2. The lowest BCUT2D eigenvalue weighted by Crippen LogP contribution is -2.36. The van der Waals surface area contributed by atoms with Crippen LogP contribution in [0.4, 0.5) is 29.0 Å². The molecule has 0 saturated carbocycles. The Morgan fingerprint density at radius 3 is 2.54 bits per heavy atom. The third-order valence-electron chi connectivity index (χ3n) is 4.04. The van der Waals surface area contributed by atoms with E-state index >= 15 is 0 Å². The fourth-order valence-corrected chi connectivity index (χ4v) is 2.75. The summed E-state index contributed by atoms with van der Waals surface area (Å²) in [4.78, 5) is 11.0. The lowest BCUT2D eigenvalue weighted by Gasteiger charge is -2.28. The zero-order valence-electron chi connectivity index (χ0n) is 14.5. The molecule has 0 amide bonds. The third kappa shape index (κ3) is 3.92. The maximum Gasteiger partial charge on any atom is 0.229 e. The minimum absolute atomic E-state index is 0.509. The third-order valence-corrected chi connectivity index (χ3v) is 4.04. The van der Waals surface area contributed by atoms with Crippen LogP contribution in [0, 0.1) is 6.92 Å². The van der Waals surface area contributed by atoms with Crippen molar-refractivity contribution in [2.45, 2.75) is 6.92 Å². The van der Waals surface area contributed by atoms with Crippen LogP contribution in [-0.2, 0) is 4.74 Å². The molecule has 0 unspecified atom stereocenters. The van der Waals surface area contributed by atoms with E-state index in [4.69, 9.17) is 9.26 Å². The Bertz CT molecular complexity index is 858. The normalized spacial score (nSPS) is 14.3. The Balaban J connectivity index is 1.42. The number of rotatable bonds is 5.